The van der Waals surface area contributed by atoms with E-state index >= 15 is 0 Å². The summed E-state index contributed by atoms with van der Waals surface area (Å²) in [5.74, 6) is 2.57. The van der Waals surface area contributed by atoms with E-state index in [4.69, 9.17) is 19.4 Å². The van der Waals surface area contributed by atoms with Gasteiger partial charge in [0.25, 0.3) is 0 Å². The Morgan fingerprint density at radius 3 is 2.83 bits per heavy atom. The van der Waals surface area contributed by atoms with E-state index < -0.39 is 0 Å². The molecular formula is C27H37N5O3. The summed E-state index contributed by atoms with van der Waals surface area (Å²) in [6.07, 6.45) is 9.69. The maximum atomic E-state index is 8.82. The highest BCUT2D eigenvalue weighted by molar-refractivity contribution is 5.70. The van der Waals surface area contributed by atoms with Crippen molar-refractivity contribution in [3.05, 3.63) is 47.5 Å². The SMILES string of the molecule is CCc1cnc(Nc2cccc(OCCCNCCO)c2)nc1-c1c(C2CCCCC2)noc1C. The van der Waals surface area contributed by atoms with Crippen LogP contribution < -0.4 is 15.4 Å². The standard InChI is InChI=1S/C27H37N5O3/c1-3-20-18-29-27(30-22-11-7-12-23(17-22)34-16-8-13-28-14-15-33)31-25(20)24-19(2)35-32-26(24)21-9-5-4-6-10-21/h7,11-12,17-18,21,28,33H,3-6,8-10,13-16H2,1-2H3,(H,29,30,31). The van der Waals surface area contributed by atoms with Crippen molar-refractivity contribution in [1.82, 2.24) is 20.4 Å². The summed E-state index contributed by atoms with van der Waals surface area (Å²) in [7, 11) is 0. The monoisotopic (exact) mass is 479 g/mol. The first-order chi connectivity index (χ1) is 17.2. The smallest absolute Gasteiger partial charge is 0.227 e. The van der Waals surface area contributed by atoms with Gasteiger partial charge in [0, 0.05) is 30.4 Å². The molecule has 8 nitrogen and oxygen atoms in total. The molecule has 3 N–H and O–H groups in total. The number of hydrogen-bond acceptors (Lipinski definition) is 8. The van der Waals surface area contributed by atoms with Gasteiger partial charge in [-0.3, -0.25) is 0 Å². The van der Waals surface area contributed by atoms with E-state index in [9.17, 15) is 0 Å². The highest BCUT2D eigenvalue weighted by Crippen LogP contribution is 2.39. The van der Waals surface area contributed by atoms with Crippen LogP contribution in [0, 0.1) is 6.92 Å². The summed E-state index contributed by atoms with van der Waals surface area (Å²) in [4.78, 5) is 9.52. The molecule has 1 aliphatic rings. The topological polar surface area (TPSA) is 105 Å². The number of anilines is 2. The molecule has 0 bridgehead atoms. The normalized spacial score (nSPS) is 14.3. The first-order valence-electron chi connectivity index (χ1n) is 12.8. The van der Waals surface area contributed by atoms with Crippen molar-refractivity contribution in [3.63, 3.8) is 0 Å². The molecule has 1 aromatic carbocycles. The van der Waals surface area contributed by atoms with Crippen molar-refractivity contribution < 1.29 is 14.4 Å². The Hall–Kier alpha value is -2.97. The second-order valence-corrected chi connectivity index (χ2v) is 9.08. The van der Waals surface area contributed by atoms with E-state index in [0.29, 0.717) is 25.0 Å². The largest absolute Gasteiger partial charge is 0.493 e. The Kier molecular flexibility index (Phi) is 9.08. The van der Waals surface area contributed by atoms with Gasteiger partial charge in [-0.05, 0) is 56.8 Å². The van der Waals surface area contributed by atoms with Gasteiger partial charge in [0.15, 0.2) is 0 Å². The van der Waals surface area contributed by atoms with Crippen LogP contribution in [-0.2, 0) is 6.42 Å². The fourth-order valence-electron chi connectivity index (χ4n) is 4.66. The molecule has 4 rings (SSSR count). The fourth-order valence-corrected chi connectivity index (χ4v) is 4.66. The second kappa shape index (κ2) is 12.7. The van der Waals surface area contributed by atoms with Crippen molar-refractivity contribution in [3.8, 4) is 17.0 Å². The van der Waals surface area contributed by atoms with Crippen molar-refractivity contribution >= 4 is 11.6 Å². The lowest BCUT2D eigenvalue weighted by Crippen LogP contribution is -2.20. The molecule has 188 valence electrons. The summed E-state index contributed by atoms with van der Waals surface area (Å²) >= 11 is 0. The molecule has 0 spiro atoms. The Labute approximate surface area is 207 Å². The van der Waals surface area contributed by atoms with Crippen molar-refractivity contribution in [1.29, 1.82) is 0 Å². The maximum absolute atomic E-state index is 8.82. The van der Waals surface area contributed by atoms with E-state index in [-0.39, 0.29) is 6.61 Å². The van der Waals surface area contributed by atoms with Gasteiger partial charge in [0.2, 0.25) is 5.95 Å². The number of nitrogens with zero attached hydrogens (tertiary/aromatic N) is 3. The molecule has 0 saturated heterocycles. The lowest BCUT2D eigenvalue weighted by molar-refractivity contribution is 0.282. The van der Waals surface area contributed by atoms with Crippen LogP contribution in [0.5, 0.6) is 5.75 Å². The average Bonchev–Trinajstić information content (AvgIpc) is 3.28. The van der Waals surface area contributed by atoms with Crippen LogP contribution in [0.1, 0.15) is 68.4 Å². The van der Waals surface area contributed by atoms with E-state index in [0.717, 1.165) is 71.9 Å². The van der Waals surface area contributed by atoms with Crippen LogP contribution in [0.3, 0.4) is 0 Å². The Balaban J connectivity index is 1.50. The highest BCUT2D eigenvalue weighted by Gasteiger charge is 2.27. The molecule has 0 radical (unpaired) electrons. The lowest BCUT2D eigenvalue weighted by atomic mass is 9.84. The molecule has 0 aliphatic heterocycles. The van der Waals surface area contributed by atoms with Gasteiger partial charge >= 0.3 is 0 Å². The summed E-state index contributed by atoms with van der Waals surface area (Å²) in [6.45, 7) is 6.27. The highest BCUT2D eigenvalue weighted by atomic mass is 16.5. The minimum Gasteiger partial charge on any atom is -0.493 e. The Bertz CT molecular complexity index is 1080. The van der Waals surface area contributed by atoms with E-state index in [1.54, 1.807) is 0 Å². The molecule has 1 saturated carbocycles. The van der Waals surface area contributed by atoms with Crippen LogP contribution >= 0.6 is 0 Å². The first kappa shape index (κ1) is 25.1. The third-order valence-corrected chi connectivity index (χ3v) is 6.51. The Morgan fingerprint density at radius 1 is 1.17 bits per heavy atom. The predicted molar refractivity (Wildman–Crippen MR) is 137 cm³/mol. The number of nitrogens with one attached hydrogen (secondary N) is 2. The van der Waals surface area contributed by atoms with E-state index in [1.165, 1.54) is 19.3 Å². The zero-order valence-corrected chi connectivity index (χ0v) is 20.8. The van der Waals surface area contributed by atoms with Crippen molar-refractivity contribution in [2.24, 2.45) is 0 Å². The van der Waals surface area contributed by atoms with Crippen LogP contribution in [0.25, 0.3) is 11.3 Å². The predicted octanol–water partition coefficient (Wildman–Crippen LogP) is 5.14. The minimum atomic E-state index is 0.149. The minimum absolute atomic E-state index is 0.149. The number of rotatable bonds is 12. The molecule has 1 aliphatic carbocycles. The third-order valence-electron chi connectivity index (χ3n) is 6.51. The molecule has 3 aromatic rings. The van der Waals surface area contributed by atoms with Gasteiger partial charge in [-0.2, -0.15) is 0 Å². The summed E-state index contributed by atoms with van der Waals surface area (Å²) in [6, 6.07) is 7.82. The number of aliphatic hydroxyl groups is 1. The molecular weight excluding hydrogens is 442 g/mol. The van der Waals surface area contributed by atoms with Gasteiger partial charge in [-0.15, -0.1) is 0 Å². The average molecular weight is 480 g/mol. The summed E-state index contributed by atoms with van der Waals surface area (Å²) in [5.41, 5.74) is 4.94. The molecule has 1 fully saturated rings. The number of ether oxygens (including phenoxy) is 1. The molecule has 2 heterocycles. The number of aryl methyl sites for hydroxylation is 2. The summed E-state index contributed by atoms with van der Waals surface area (Å²) in [5, 5.41) is 19.8. The van der Waals surface area contributed by atoms with Crippen molar-refractivity contribution in [2.75, 3.05) is 31.6 Å². The Morgan fingerprint density at radius 2 is 2.03 bits per heavy atom. The molecule has 0 unspecified atom stereocenters. The van der Waals surface area contributed by atoms with Gasteiger partial charge < -0.3 is 25.0 Å². The molecule has 35 heavy (non-hydrogen) atoms. The van der Waals surface area contributed by atoms with Crippen LogP contribution in [0.2, 0.25) is 0 Å². The van der Waals surface area contributed by atoms with Crippen LogP contribution in [0.4, 0.5) is 11.6 Å². The molecule has 0 atom stereocenters. The van der Waals surface area contributed by atoms with Gasteiger partial charge in [0.05, 0.1) is 30.2 Å². The van der Waals surface area contributed by atoms with Crippen LogP contribution in [0.15, 0.2) is 35.0 Å². The zero-order valence-electron chi connectivity index (χ0n) is 20.8. The van der Waals surface area contributed by atoms with Crippen molar-refractivity contribution in [2.45, 2.75) is 64.7 Å². The van der Waals surface area contributed by atoms with E-state index in [1.807, 2.05) is 37.4 Å². The molecule has 8 heteroatoms. The second-order valence-electron chi connectivity index (χ2n) is 9.08. The lowest BCUT2D eigenvalue weighted by Gasteiger charge is -2.21. The summed E-state index contributed by atoms with van der Waals surface area (Å²) < 4.78 is 11.6. The zero-order chi connectivity index (χ0) is 24.5. The third kappa shape index (κ3) is 6.58. The number of benzene rings is 1. The van der Waals surface area contributed by atoms with E-state index in [2.05, 4.69) is 27.7 Å². The molecule has 0 amide bonds. The van der Waals surface area contributed by atoms with Gasteiger partial charge in [-0.25, -0.2) is 9.97 Å². The van der Waals surface area contributed by atoms with Gasteiger partial charge in [0.1, 0.15) is 11.5 Å². The maximum Gasteiger partial charge on any atom is 0.227 e. The van der Waals surface area contributed by atoms with Crippen LogP contribution in [-0.4, -0.2) is 46.5 Å². The van der Waals surface area contributed by atoms with Gasteiger partial charge in [-0.1, -0.05) is 37.4 Å². The number of hydrogen-bond donors (Lipinski definition) is 3. The molecule has 2 aromatic heterocycles. The fraction of sp³-hybridized carbons (Fsp3) is 0.519. The number of aliphatic hydroxyl groups excluding tert-OH is 1. The number of aromatic nitrogens is 3. The first-order valence-corrected chi connectivity index (χ1v) is 12.8. The quantitative estimate of drug-likeness (QED) is 0.307.